The standard InChI is InChI=1S/C16H19FN2O/c17-14-3-1-13(2-4-14)16(5-6-16)15(20)19-9-11-7-18-8-12(11)10-19/h1-4,11-12,18H,5-10H2/t11-,12+. The average molecular weight is 274 g/mol. The van der Waals surface area contributed by atoms with Crippen molar-refractivity contribution in [1.29, 1.82) is 0 Å². The molecule has 1 amide bonds. The highest BCUT2D eigenvalue weighted by atomic mass is 19.1. The number of benzene rings is 1. The van der Waals surface area contributed by atoms with Crippen molar-refractivity contribution in [3.05, 3.63) is 35.6 Å². The number of carbonyl (C=O) groups is 1. The van der Waals surface area contributed by atoms with Crippen molar-refractivity contribution in [3.63, 3.8) is 0 Å². The maximum Gasteiger partial charge on any atom is 0.233 e. The van der Waals surface area contributed by atoms with E-state index in [-0.39, 0.29) is 17.1 Å². The van der Waals surface area contributed by atoms with Crippen LogP contribution in [0.25, 0.3) is 0 Å². The van der Waals surface area contributed by atoms with Gasteiger partial charge in [0.15, 0.2) is 0 Å². The minimum atomic E-state index is -0.347. The van der Waals surface area contributed by atoms with Gasteiger partial charge in [0.05, 0.1) is 5.41 Å². The van der Waals surface area contributed by atoms with E-state index in [2.05, 4.69) is 5.32 Å². The lowest BCUT2D eigenvalue weighted by atomic mass is 9.94. The van der Waals surface area contributed by atoms with E-state index in [4.69, 9.17) is 0 Å². The number of halogens is 1. The van der Waals surface area contributed by atoms with Gasteiger partial charge in [0, 0.05) is 26.2 Å². The van der Waals surface area contributed by atoms with Crippen molar-refractivity contribution < 1.29 is 9.18 Å². The van der Waals surface area contributed by atoms with Crippen LogP contribution in [0.1, 0.15) is 18.4 Å². The Balaban J connectivity index is 1.55. The first-order chi connectivity index (χ1) is 9.69. The molecule has 2 saturated heterocycles. The summed E-state index contributed by atoms with van der Waals surface area (Å²) < 4.78 is 13.1. The van der Waals surface area contributed by atoms with Gasteiger partial charge >= 0.3 is 0 Å². The molecule has 0 unspecified atom stereocenters. The van der Waals surface area contributed by atoms with Gasteiger partial charge in [-0.25, -0.2) is 4.39 Å². The minimum Gasteiger partial charge on any atom is -0.341 e. The molecule has 1 aliphatic carbocycles. The number of fused-ring (bicyclic) bond motifs is 1. The lowest BCUT2D eigenvalue weighted by molar-refractivity contribution is -0.133. The van der Waals surface area contributed by atoms with Crippen LogP contribution in [0.15, 0.2) is 24.3 Å². The summed E-state index contributed by atoms with van der Waals surface area (Å²) in [7, 11) is 0. The fourth-order valence-electron chi connectivity index (χ4n) is 3.84. The van der Waals surface area contributed by atoms with Crippen LogP contribution < -0.4 is 5.32 Å². The number of hydrogen-bond acceptors (Lipinski definition) is 2. The van der Waals surface area contributed by atoms with Crippen molar-refractivity contribution in [3.8, 4) is 0 Å². The number of amides is 1. The van der Waals surface area contributed by atoms with Gasteiger partial charge in [-0.2, -0.15) is 0 Å². The molecule has 1 aromatic rings. The number of likely N-dealkylation sites (tertiary alicyclic amines) is 1. The fourth-order valence-corrected chi connectivity index (χ4v) is 3.84. The van der Waals surface area contributed by atoms with Gasteiger partial charge in [-0.15, -0.1) is 0 Å². The van der Waals surface area contributed by atoms with Gasteiger partial charge in [0.25, 0.3) is 0 Å². The fraction of sp³-hybridized carbons (Fsp3) is 0.562. The van der Waals surface area contributed by atoms with Crippen molar-refractivity contribution in [2.24, 2.45) is 11.8 Å². The Morgan fingerprint density at radius 2 is 1.75 bits per heavy atom. The summed E-state index contributed by atoms with van der Waals surface area (Å²) in [5, 5.41) is 3.40. The van der Waals surface area contributed by atoms with Crippen LogP contribution in [0.3, 0.4) is 0 Å². The zero-order valence-electron chi connectivity index (χ0n) is 11.4. The number of hydrogen-bond donors (Lipinski definition) is 1. The number of nitrogens with one attached hydrogen (secondary N) is 1. The number of rotatable bonds is 2. The van der Waals surface area contributed by atoms with Crippen molar-refractivity contribution >= 4 is 5.91 Å². The summed E-state index contributed by atoms with van der Waals surface area (Å²) in [4.78, 5) is 14.9. The maximum atomic E-state index is 13.1. The van der Waals surface area contributed by atoms with E-state index in [1.54, 1.807) is 12.1 Å². The molecular weight excluding hydrogens is 255 g/mol. The lowest BCUT2D eigenvalue weighted by Gasteiger charge is -2.24. The highest BCUT2D eigenvalue weighted by Gasteiger charge is 2.54. The maximum absolute atomic E-state index is 13.1. The van der Waals surface area contributed by atoms with E-state index in [1.807, 2.05) is 4.90 Å². The molecule has 4 rings (SSSR count). The van der Waals surface area contributed by atoms with Crippen molar-refractivity contribution in [1.82, 2.24) is 10.2 Å². The van der Waals surface area contributed by atoms with Crippen LogP contribution in [0.2, 0.25) is 0 Å². The quantitative estimate of drug-likeness (QED) is 0.887. The van der Waals surface area contributed by atoms with Crippen LogP contribution in [0.5, 0.6) is 0 Å². The normalized spacial score (nSPS) is 30.4. The Labute approximate surface area is 118 Å². The Bertz CT molecular complexity index is 526. The molecule has 4 heteroatoms. The summed E-state index contributed by atoms with van der Waals surface area (Å²) in [6, 6.07) is 6.48. The Kier molecular flexibility index (Phi) is 2.64. The molecular formula is C16H19FN2O. The first-order valence-corrected chi connectivity index (χ1v) is 7.45. The molecule has 3 nitrogen and oxygen atoms in total. The van der Waals surface area contributed by atoms with Gasteiger partial charge < -0.3 is 10.2 Å². The van der Waals surface area contributed by atoms with Gasteiger partial charge in [-0.1, -0.05) is 12.1 Å². The second kappa shape index (κ2) is 4.29. The molecule has 1 N–H and O–H groups in total. The predicted octanol–water partition coefficient (Wildman–Crippen LogP) is 1.54. The molecule has 1 aromatic carbocycles. The molecule has 0 radical (unpaired) electrons. The van der Waals surface area contributed by atoms with Crippen LogP contribution in [-0.4, -0.2) is 37.0 Å². The smallest absolute Gasteiger partial charge is 0.233 e. The Morgan fingerprint density at radius 3 is 2.30 bits per heavy atom. The summed E-state index contributed by atoms with van der Waals surface area (Å²) in [6.45, 7) is 3.86. The molecule has 0 bridgehead atoms. The van der Waals surface area contributed by atoms with Gasteiger partial charge in [-0.05, 0) is 42.4 Å². The monoisotopic (exact) mass is 274 g/mol. The van der Waals surface area contributed by atoms with Crippen LogP contribution >= 0.6 is 0 Å². The van der Waals surface area contributed by atoms with Gasteiger partial charge in [0.2, 0.25) is 5.91 Å². The zero-order chi connectivity index (χ0) is 13.7. The first-order valence-electron chi connectivity index (χ1n) is 7.45. The van der Waals surface area contributed by atoms with E-state index in [1.165, 1.54) is 12.1 Å². The summed E-state index contributed by atoms with van der Waals surface area (Å²) in [6.07, 6.45) is 1.81. The van der Waals surface area contributed by atoms with E-state index < -0.39 is 0 Å². The Morgan fingerprint density at radius 1 is 1.15 bits per heavy atom. The molecule has 3 fully saturated rings. The largest absolute Gasteiger partial charge is 0.341 e. The van der Waals surface area contributed by atoms with Crippen molar-refractivity contribution in [2.45, 2.75) is 18.3 Å². The van der Waals surface area contributed by atoms with E-state index in [0.29, 0.717) is 11.8 Å². The highest BCUT2D eigenvalue weighted by Crippen LogP contribution is 2.50. The van der Waals surface area contributed by atoms with Crippen LogP contribution in [0.4, 0.5) is 4.39 Å². The highest BCUT2D eigenvalue weighted by molar-refractivity contribution is 5.91. The predicted molar refractivity (Wildman–Crippen MR) is 73.7 cm³/mol. The van der Waals surface area contributed by atoms with E-state index in [0.717, 1.165) is 44.6 Å². The number of nitrogens with zero attached hydrogens (tertiary/aromatic N) is 1. The van der Waals surface area contributed by atoms with Gasteiger partial charge in [-0.3, -0.25) is 4.79 Å². The van der Waals surface area contributed by atoms with Crippen LogP contribution in [0, 0.1) is 17.7 Å². The van der Waals surface area contributed by atoms with E-state index in [9.17, 15) is 9.18 Å². The second-order valence-corrected chi connectivity index (χ2v) is 6.48. The average Bonchev–Trinajstić information content (AvgIpc) is 2.97. The van der Waals surface area contributed by atoms with E-state index >= 15 is 0 Å². The molecule has 1 saturated carbocycles. The molecule has 2 aliphatic heterocycles. The summed E-state index contributed by atoms with van der Waals surface area (Å²) in [5.74, 6) is 1.28. The molecule has 3 aliphatic rings. The summed E-state index contributed by atoms with van der Waals surface area (Å²) in [5.41, 5.74) is 0.638. The van der Waals surface area contributed by atoms with Crippen LogP contribution in [-0.2, 0) is 10.2 Å². The second-order valence-electron chi connectivity index (χ2n) is 6.48. The molecule has 2 atom stereocenters. The van der Waals surface area contributed by atoms with Gasteiger partial charge in [0.1, 0.15) is 5.82 Å². The third-order valence-corrected chi connectivity index (χ3v) is 5.23. The summed E-state index contributed by atoms with van der Waals surface area (Å²) >= 11 is 0. The topological polar surface area (TPSA) is 32.3 Å². The Hall–Kier alpha value is -1.42. The molecule has 0 aromatic heterocycles. The zero-order valence-corrected chi connectivity index (χ0v) is 11.4. The SMILES string of the molecule is O=C(N1C[C@H]2CNC[C@H]2C1)C1(c2ccc(F)cc2)CC1. The van der Waals surface area contributed by atoms with Crippen molar-refractivity contribution in [2.75, 3.05) is 26.2 Å². The molecule has 2 heterocycles. The molecule has 0 spiro atoms. The molecule has 20 heavy (non-hydrogen) atoms. The third kappa shape index (κ3) is 1.78. The third-order valence-electron chi connectivity index (χ3n) is 5.23. The lowest BCUT2D eigenvalue weighted by Crippen LogP contribution is -2.39. The molecule has 106 valence electrons. The minimum absolute atomic E-state index is 0.237. The number of carbonyl (C=O) groups excluding carboxylic acids is 1. The first kappa shape index (κ1) is 12.3.